The van der Waals surface area contributed by atoms with E-state index in [9.17, 15) is 0 Å². The number of hydrogen-bond donors (Lipinski definition) is 2. The van der Waals surface area contributed by atoms with Crippen molar-refractivity contribution >= 4 is 17.1 Å². The molecule has 3 aromatic rings. The zero-order valence-corrected chi connectivity index (χ0v) is 18.2. The van der Waals surface area contributed by atoms with Crippen LogP contribution in [-0.2, 0) is 0 Å². The van der Waals surface area contributed by atoms with E-state index in [1.54, 1.807) is 7.11 Å². The minimum absolute atomic E-state index is 0.134. The van der Waals surface area contributed by atoms with Gasteiger partial charge in [0.15, 0.2) is 0 Å². The Morgan fingerprint density at radius 3 is 1.80 bits per heavy atom. The van der Waals surface area contributed by atoms with E-state index in [-0.39, 0.29) is 12.2 Å². The standard InChI is InChI=1S/C25H30N2O3/c1-16(2)29-20-10-6-18(7-11-20)22-14-24(23(26)15-25(22)28-5)27-19-8-12-21(13-9-19)30-17(3)4/h6-17,27H,26H2,1-5H3. The largest absolute Gasteiger partial charge is 0.496 e. The molecular formula is C25H30N2O3. The van der Waals surface area contributed by atoms with Crippen LogP contribution < -0.4 is 25.3 Å². The fourth-order valence-electron chi connectivity index (χ4n) is 3.13. The highest BCUT2D eigenvalue weighted by Gasteiger charge is 2.12. The Bertz CT molecular complexity index is 965. The van der Waals surface area contributed by atoms with Crippen molar-refractivity contribution in [2.75, 3.05) is 18.2 Å². The first kappa shape index (κ1) is 21.4. The van der Waals surface area contributed by atoms with E-state index in [4.69, 9.17) is 19.9 Å². The van der Waals surface area contributed by atoms with E-state index < -0.39 is 0 Å². The van der Waals surface area contributed by atoms with E-state index in [1.807, 2.05) is 88.4 Å². The fraction of sp³-hybridized carbons (Fsp3) is 0.280. The molecule has 3 rings (SSSR count). The number of hydrogen-bond acceptors (Lipinski definition) is 5. The van der Waals surface area contributed by atoms with Crippen molar-refractivity contribution in [2.24, 2.45) is 0 Å². The normalized spacial score (nSPS) is 10.9. The Kier molecular flexibility index (Phi) is 6.72. The lowest BCUT2D eigenvalue weighted by atomic mass is 10.0. The SMILES string of the molecule is COc1cc(N)c(Nc2ccc(OC(C)C)cc2)cc1-c1ccc(OC(C)C)cc1. The number of benzene rings is 3. The van der Waals surface area contributed by atoms with Gasteiger partial charge in [0.2, 0.25) is 0 Å². The van der Waals surface area contributed by atoms with Crippen LogP contribution >= 0.6 is 0 Å². The molecule has 5 nitrogen and oxygen atoms in total. The molecule has 0 radical (unpaired) electrons. The highest BCUT2D eigenvalue weighted by Crippen LogP contribution is 2.38. The molecule has 0 saturated heterocycles. The summed E-state index contributed by atoms with van der Waals surface area (Å²) < 4.78 is 17.0. The van der Waals surface area contributed by atoms with Crippen molar-refractivity contribution in [1.29, 1.82) is 0 Å². The van der Waals surface area contributed by atoms with E-state index in [2.05, 4.69) is 5.32 Å². The molecule has 0 atom stereocenters. The van der Waals surface area contributed by atoms with Gasteiger partial charge in [-0.05, 0) is 75.7 Å². The van der Waals surface area contributed by atoms with Crippen molar-refractivity contribution in [3.8, 4) is 28.4 Å². The molecule has 0 fully saturated rings. The van der Waals surface area contributed by atoms with Crippen molar-refractivity contribution in [3.05, 3.63) is 60.7 Å². The second-order valence-electron chi connectivity index (χ2n) is 7.65. The summed E-state index contributed by atoms with van der Waals surface area (Å²) in [7, 11) is 1.65. The lowest BCUT2D eigenvalue weighted by Crippen LogP contribution is -2.05. The summed E-state index contributed by atoms with van der Waals surface area (Å²) in [4.78, 5) is 0. The van der Waals surface area contributed by atoms with Crippen LogP contribution in [0.5, 0.6) is 17.2 Å². The number of rotatable bonds is 8. The van der Waals surface area contributed by atoms with Gasteiger partial charge in [-0.3, -0.25) is 0 Å². The quantitative estimate of drug-likeness (QED) is 0.432. The summed E-state index contributed by atoms with van der Waals surface area (Å²) in [6.07, 6.45) is 0.274. The molecule has 0 aliphatic heterocycles. The number of nitrogens with two attached hydrogens (primary N) is 1. The molecule has 30 heavy (non-hydrogen) atoms. The molecule has 3 aromatic carbocycles. The molecule has 0 aromatic heterocycles. The molecule has 0 amide bonds. The molecular weight excluding hydrogens is 376 g/mol. The van der Waals surface area contributed by atoms with Crippen LogP contribution in [0, 0.1) is 0 Å². The second-order valence-corrected chi connectivity index (χ2v) is 7.65. The van der Waals surface area contributed by atoms with Gasteiger partial charge in [-0.15, -0.1) is 0 Å². The van der Waals surface area contributed by atoms with Crippen molar-refractivity contribution in [3.63, 3.8) is 0 Å². The van der Waals surface area contributed by atoms with Crippen LogP contribution in [0.1, 0.15) is 27.7 Å². The summed E-state index contributed by atoms with van der Waals surface area (Å²) in [5.41, 5.74) is 10.6. The number of nitrogens with one attached hydrogen (secondary N) is 1. The fourth-order valence-corrected chi connectivity index (χ4v) is 3.13. The molecule has 0 heterocycles. The Hall–Kier alpha value is -3.34. The maximum absolute atomic E-state index is 6.28. The average Bonchev–Trinajstić information content (AvgIpc) is 2.70. The maximum Gasteiger partial charge on any atom is 0.128 e. The van der Waals surface area contributed by atoms with Crippen molar-refractivity contribution < 1.29 is 14.2 Å². The third-order valence-corrected chi connectivity index (χ3v) is 4.41. The van der Waals surface area contributed by atoms with E-state index in [0.717, 1.165) is 39.8 Å². The zero-order chi connectivity index (χ0) is 21.7. The topological polar surface area (TPSA) is 65.7 Å². The lowest BCUT2D eigenvalue weighted by molar-refractivity contribution is 0.242. The van der Waals surface area contributed by atoms with Gasteiger partial charge in [-0.1, -0.05) is 12.1 Å². The van der Waals surface area contributed by atoms with Crippen LogP contribution in [0.2, 0.25) is 0 Å². The lowest BCUT2D eigenvalue weighted by Gasteiger charge is -2.16. The third-order valence-electron chi connectivity index (χ3n) is 4.41. The first-order valence-corrected chi connectivity index (χ1v) is 10.1. The Balaban J connectivity index is 1.88. The summed E-state index contributed by atoms with van der Waals surface area (Å²) in [5.74, 6) is 2.39. The van der Waals surface area contributed by atoms with Crippen LogP contribution in [0.4, 0.5) is 17.1 Å². The van der Waals surface area contributed by atoms with Crippen LogP contribution in [0.15, 0.2) is 60.7 Å². The van der Waals surface area contributed by atoms with Gasteiger partial charge in [-0.2, -0.15) is 0 Å². The van der Waals surface area contributed by atoms with Gasteiger partial charge in [0.25, 0.3) is 0 Å². The van der Waals surface area contributed by atoms with Gasteiger partial charge in [0.05, 0.1) is 30.7 Å². The molecule has 3 N–H and O–H groups in total. The zero-order valence-electron chi connectivity index (χ0n) is 18.2. The molecule has 0 aliphatic carbocycles. The predicted octanol–water partition coefficient (Wildman–Crippen LogP) is 6.26. The van der Waals surface area contributed by atoms with Crippen molar-refractivity contribution in [1.82, 2.24) is 0 Å². The number of methoxy groups -OCH3 is 1. The molecule has 158 valence electrons. The third kappa shape index (κ3) is 5.38. The van der Waals surface area contributed by atoms with E-state index in [0.29, 0.717) is 5.69 Å². The minimum atomic E-state index is 0.134. The van der Waals surface area contributed by atoms with Gasteiger partial charge < -0.3 is 25.3 Å². The smallest absolute Gasteiger partial charge is 0.128 e. The van der Waals surface area contributed by atoms with Crippen LogP contribution in [0.3, 0.4) is 0 Å². The molecule has 5 heteroatoms. The predicted molar refractivity (Wildman–Crippen MR) is 124 cm³/mol. The molecule has 0 spiro atoms. The van der Waals surface area contributed by atoms with Gasteiger partial charge >= 0.3 is 0 Å². The first-order valence-electron chi connectivity index (χ1n) is 10.1. The number of anilines is 3. The molecule has 0 aliphatic rings. The highest BCUT2D eigenvalue weighted by molar-refractivity contribution is 5.83. The van der Waals surface area contributed by atoms with E-state index in [1.165, 1.54) is 0 Å². The summed E-state index contributed by atoms with van der Waals surface area (Å²) >= 11 is 0. The van der Waals surface area contributed by atoms with Gasteiger partial charge in [-0.25, -0.2) is 0 Å². The first-order chi connectivity index (χ1) is 14.4. The summed E-state index contributed by atoms with van der Waals surface area (Å²) in [6, 6.07) is 19.6. The minimum Gasteiger partial charge on any atom is -0.496 e. The maximum atomic E-state index is 6.28. The van der Waals surface area contributed by atoms with Crippen LogP contribution in [-0.4, -0.2) is 19.3 Å². The van der Waals surface area contributed by atoms with Gasteiger partial charge in [0.1, 0.15) is 17.2 Å². The Morgan fingerprint density at radius 2 is 1.30 bits per heavy atom. The van der Waals surface area contributed by atoms with E-state index >= 15 is 0 Å². The van der Waals surface area contributed by atoms with Crippen LogP contribution in [0.25, 0.3) is 11.1 Å². The number of ether oxygens (including phenoxy) is 3. The Morgan fingerprint density at radius 1 is 0.767 bits per heavy atom. The number of nitrogen functional groups attached to an aromatic ring is 1. The monoisotopic (exact) mass is 406 g/mol. The highest BCUT2D eigenvalue weighted by atomic mass is 16.5. The summed E-state index contributed by atoms with van der Waals surface area (Å²) in [6.45, 7) is 8.03. The second kappa shape index (κ2) is 9.44. The molecule has 0 saturated carbocycles. The average molecular weight is 407 g/mol. The molecule has 0 bridgehead atoms. The van der Waals surface area contributed by atoms with Gasteiger partial charge in [0, 0.05) is 17.3 Å². The molecule has 0 unspecified atom stereocenters. The Labute approximate surface area is 178 Å². The summed E-state index contributed by atoms with van der Waals surface area (Å²) in [5, 5.41) is 3.39. The van der Waals surface area contributed by atoms with Crippen molar-refractivity contribution in [2.45, 2.75) is 39.9 Å².